The van der Waals surface area contributed by atoms with Crippen molar-refractivity contribution in [2.24, 2.45) is 5.92 Å². The van der Waals surface area contributed by atoms with Gasteiger partial charge in [-0.25, -0.2) is 0 Å². The van der Waals surface area contributed by atoms with Crippen molar-refractivity contribution in [3.05, 3.63) is 33.9 Å². The van der Waals surface area contributed by atoms with Crippen LogP contribution in [0, 0.1) is 16.0 Å². The fraction of sp³-hybridized carbons (Fsp3) is 0.500. The molecule has 0 bridgehead atoms. The van der Waals surface area contributed by atoms with E-state index >= 15 is 0 Å². The number of amides is 1. The molecule has 1 saturated heterocycles. The largest absolute Gasteiger partial charge is 0.490 e. The molecule has 7 nitrogen and oxygen atoms in total. The van der Waals surface area contributed by atoms with Crippen LogP contribution < -0.4 is 15.4 Å². The zero-order chi connectivity index (χ0) is 15.4. The van der Waals surface area contributed by atoms with Crippen LogP contribution in [0.2, 0.25) is 0 Å². The Labute approximate surface area is 135 Å². The third kappa shape index (κ3) is 4.08. The Bertz CT molecular complexity index is 553. The Morgan fingerprint density at radius 1 is 1.50 bits per heavy atom. The summed E-state index contributed by atoms with van der Waals surface area (Å²) in [5.74, 6) is 0.183. The first-order valence-corrected chi connectivity index (χ1v) is 6.87. The normalized spacial score (nSPS) is 20.6. The van der Waals surface area contributed by atoms with Gasteiger partial charge in [-0.15, -0.1) is 12.4 Å². The predicted octanol–water partition coefficient (Wildman–Crippen LogP) is 1.75. The van der Waals surface area contributed by atoms with Gasteiger partial charge in [-0.1, -0.05) is 6.92 Å². The molecule has 2 rings (SSSR count). The quantitative estimate of drug-likeness (QED) is 0.648. The summed E-state index contributed by atoms with van der Waals surface area (Å²) in [6.45, 7) is 3.78. The minimum absolute atomic E-state index is 0. The van der Waals surface area contributed by atoms with Crippen molar-refractivity contribution in [1.82, 2.24) is 10.6 Å². The first kappa shape index (κ1) is 18.2. The third-order valence-electron chi connectivity index (χ3n) is 3.74. The van der Waals surface area contributed by atoms with E-state index < -0.39 is 4.92 Å². The van der Waals surface area contributed by atoms with E-state index in [0.29, 0.717) is 5.92 Å². The van der Waals surface area contributed by atoms with Crippen molar-refractivity contribution in [1.29, 1.82) is 0 Å². The van der Waals surface area contributed by atoms with E-state index in [4.69, 9.17) is 4.74 Å². The van der Waals surface area contributed by atoms with Gasteiger partial charge < -0.3 is 15.4 Å². The van der Waals surface area contributed by atoms with E-state index in [1.807, 2.05) is 0 Å². The second-order valence-electron chi connectivity index (χ2n) is 5.19. The van der Waals surface area contributed by atoms with Gasteiger partial charge in [-0.2, -0.15) is 0 Å². The van der Waals surface area contributed by atoms with Crippen molar-refractivity contribution < 1.29 is 14.5 Å². The maximum absolute atomic E-state index is 12.2. The lowest BCUT2D eigenvalue weighted by Gasteiger charge is -2.30. The number of hydrogen-bond donors (Lipinski definition) is 2. The average molecular weight is 330 g/mol. The van der Waals surface area contributed by atoms with Gasteiger partial charge in [0, 0.05) is 17.7 Å². The van der Waals surface area contributed by atoms with Gasteiger partial charge in [0.05, 0.1) is 12.0 Å². The van der Waals surface area contributed by atoms with Gasteiger partial charge in [-0.05, 0) is 37.6 Å². The van der Waals surface area contributed by atoms with E-state index in [-0.39, 0.29) is 41.4 Å². The summed E-state index contributed by atoms with van der Waals surface area (Å²) in [7, 11) is 1.36. The first-order valence-electron chi connectivity index (χ1n) is 6.87. The standard InChI is InChI=1S/C14H19N3O4.ClH/c1-9-8-15-6-5-11(9)16-14(18)10-3-4-13(21-2)12(7-10)17(19)20;/h3-4,7,9,11,15H,5-6,8H2,1-2H3,(H,16,18);1H. The second kappa shape index (κ2) is 7.95. The molecule has 0 saturated carbocycles. The minimum Gasteiger partial charge on any atom is -0.490 e. The molecule has 0 spiro atoms. The lowest BCUT2D eigenvalue weighted by atomic mass is 9.95. The Morgan fingerprint density at radius 2 is 2.23 bits per heavy atom. The number of benzene rings is 1. The van der Waals surface area contributed by atoms with E-state index in [9.17, 15) is 14.9 Å². The summed E-state index contributed by atoms with van der Waals surface area (Å²) >= 11 is 0. The molecule has 122 valence electrons. The summed E-state index contributed by atoms with van der Waals surface area (Å²) in [5, 5.41) is 17.2. The molecule has 1 amide bonds. The maximum Gasteiger partial charge on any atom is 0.311 e. The Morgan fingerprint density at radius 3 is 2.82 bits per heavy atom. The molecule has 1 aromatic rings. The van der Waals surface area contributed by atoms with Crippen molar-refractivity contribution in [3.63, 3.8) is 0 Å². The number of hydrogen-bond acceptors (Lipinski definition) is 5. The first-order chi connectivity index (χ1) is 10.0. The number of halogens is 1. The third-order valence-corrected chi connectivity index (χ3v) is 3.74. The van der Waals surface area contributed by atoms with Gasteiger partial charge in [-0.3, -0.25) is 14.9 Å². The highest BCUT2D eigenvalue weighted by molar-refractivity contribution is 5.95. The number of nitrogens with zero attached hydrogens (tertiary/aromatic N) is 1. The zero-order valence-electron chi connectivity index (χ0n) is 12.5. The van der Waals surface area contributed by atoms with Crippen LogP contribution in [0.15, 0.2) is 18.2 Å². The highest BCUT2D eigenvalue weighted by Crippen LogP contribution is 2.27. The van der Waals surface area contributed by atoms with Crippen LogP contribution in [0.1, 0.15) is 23.7 Å². The van der Waals surface area contributed by atoms with Crippen molar-refractivity contribution in [3.8, 4) is 5.75 Å². The molecule has 2 N–H and O–H groups in total. The SMILES string of the molecule is COc1ccc(C(=O)NC2CCNCC2C)cc1[N+](=O)[O-].Cl. The van der Waals surface area contributed by atoms with Crippen LogP contribution in [-0.2, 0) is 0 Å². The number of methoxy groups -OCH3 is 1. The van der Waals surface area contributed by atoms with Gasteiger partial charge in [0.2, 0.25) is 0 Å². The van der Waals surface area contributed by atoms with Gasteiger partial charge >= 0.3 is 5.69 Å². The Hall–Kier alpha value is -1.86. The summed E-state index contributed by atoms with van der Waals surface area (Å²) in [6.07, 6.45) is 0.852. The van der Waals surface area contributed by atoms with Crippen LogP contribution in [-0.4, -0.2) is 37.1 Å². The molecule has 0 aromatic heterocycles. The minimum atomic E-state index is -0.553. The Balaban J connectivity index is 0.00000242. The molecule has 1 aromatic carbocycles. The summed E-state index contributed by atoms with van der Waals surface area (Å²) in [4.78, 5) is 22.7. The van der Waals surface area contributed by atoms with Crippen molar-refractivity contribution >= 4 is 24.0 Å². The highest BCUT2D eigenvalue weighted by Gasteiger charge is 2.24. The number of rotatable bonds is 4. The molecule has 2 atom stereocenters. The molecule has 1 fully saturated rings. The number of carbonyl (C=O) groups excluding carboxylic acids is 1. The van der Waals surface area contributed by atoms with Gasteiger partial charge in [0.15, 0.2) is 5.75 Å². The summed E-state index contributed by atoms with van der Waals surface area (Å²) in [5.41, 5.74) is 0.0664. The highest BCUT2D eigenvalue weighted by atomic mass is 35.5. The Kier molecular flexibility index (Phi) is 6.58. The molecule has 2 unspecified atom stereocenters. The fourth-order valence-corrected chi connectivity index (χ4v) is 2.45. The number of piperidine rings is 1. The number of nitro benzene ring substituents is 1. The lowest BCUT2D eigenvalue weighted by molar-refractivity contribution is -0.385. The number of nitro groups is 1. The molecule has 0 aliphatic carbocycles. The summed E-state index contributed by atoms with van der Waals surface area (Å²) in [6, 6.07) is 4.31. The van der Waals surface area contributed by atoms with E-state index in [0.717, 1.165) is 19.5 Å². The van der Waals surface area contributed by atoms with E-state index in [2.05, 4.69) is 17.6 Å². The van der Waals surface area contributed by atoms with Crippen LogP contribution in [0.4, 0.5) is 5.69 Å². The zero-order valence-corrected chi connectivity index (χ0v) is 13.3. The molecule has 1 aliphatic heterocycles. The fourth-order valence-electron chi connectivity index (χ4n) is 2.45. The van der Waals surface area contributed by atoms with Crippen molar-refractivity contribution in [2.45, 2.75) is 19.4 Å². The van der Waals surface area contributed by atoms with Gasteiger partial charge in [0.25, 0.3) is 5.91 Å². The van der Waals surface area contributed by atoms with Crippen LogP contribution in [0.3, 0.4) is 0 Å². The van der Waals surface area contributed by atoms with Crippen LogP contribution >= 0.6 is 12.4 Å². The molecule has 22 heavy (non-hydrogen) atoms. The average Bonchev–Trinajstić information content (AvgIpc) is 2.48. The molecule has 0 radical (unpaired) electrons. The lowest BCUT2D eigenvalue weighted by Crippen LogP contribution is -2.48. The van der Waals surface area contributed by atoms with Crippen LogP contribution in [0.5, 0.6) is 5.75 Å². The predicted molar refractivity (Wildman–Crippen MR) is 84.8 cm³/mol. The molecular formula is C14H20ClN3O4. The number of nitrogens with one attached hydrogen (secondary N) is 2. The smallest absolute Gasteiger partial charge is 0.311 e. The monoisotopic (exact) mass is 329 g/mol. The molecular weight excluding hydrogens is 310 g/mol. The van der Waals surface area contributed by atoms with E-state index in [1.54, 1.807) is 0 Å². The topological polar surface area (TPSA) is 93.5 Å². The van der Waals surface area contributed by atoms with Crippen molar-refractivity contribution in [2.75, 3.05) is 20.2 Å². The number of carbonyl (C=O) groups is 1. The van der Waals surface area contributed by atoms with Crippen LogP contribution in [0.25, 0.3) is 0 Å². The summed E-state index contributed by atoms with van der Waals surface area (Å²) < 4.78 is 4.93. The van der Waals surface area contributed by atoms with Gasteiger partial charge in [0.1, 0.15) is 0 Å². The molecule has 1 heterocycles. The maximum atomic E-state index is 12.2. The second-order valence-corrected chi connectivity index (χ2v) is 5.19. The molecule has 1 aliphatic rings. The molecule has 8 heteroatoms. The number of ether oxygens (including phenoxy) is 1. The van der Waals surface area contributed by atoms with E-state index in [1.165, 1.54) is 25.3 Å².